The van der Waals surface area contributed by atoms with Crippen molar-refractivity contribution in [3.8, 4) is 11.5 Å². The number of imide groups is 1. The number of hydrogen-bond donors (Lipinski definition) is 2. The molecule has 2 N–H and O–H groups in total. The molecule has 2 fully saturated rings. The highest BCUT2D eigenvalue weighted by Gasteiger charge is 2.41. The molecular formula is C30H30N4O5. The first-order valence-corrected chi connectivity index (χ1v) is 13.3. The number of ether oxygens (including phenoxy) is 1. The molecule has 3 aromatic rings. The van der Waals surface area contributed by atoms with E-state index in [2.05, 4.69) is 16.3 Å². The van der Waals surface area contributed by atoms with E-state index in [1.54, 1.807) is 12.1 Å². The third-order valence-corrected chi connectivity index (χ3v) is 7.82. The zero-order valence-corrected chi connectivity index (χ0v) is 21.5. The fourth-order valence-electron chi connectivity index (χ4n) is 5.62. The van der Waals surface area contributed by atoms with Crippen molar-refractivity contribution in [1.29, 1.82) is 0 Å². The lowest BCUT2D eigenvalue weighted by atomic mass is 9.87. The number of benzene rings is 2. The van der Waals surface area contributed by atoms with Gasteiger partial charge in [0.25, 0.3) is 5.91 Å². The number of rotatable bonds is 6. The first-order chi connectivity index (χ1) is 18.9. The number of nitrogens with one attached hydrogen (secondary N) is 1. The van der Waals surface area contributed by atoms with E-state index in [1.807, 2.05) is 48.5 Å². The minimum Gasteiger partial charge on any atom is -0.457 e. The van der Waals surface area contributed by atoms with Crippen LogP contribution in [0.2, 0.25) is 0 Å². The Kier molecular flexibility index (Phi) is 6.62. The summed E-state index contributed by atoms with van der Waals surface area (Å²) < 4.78 is 5.97. The molecule has 0 bridgehead atoms. The zero-order valence-electron chi connectivity index (χ0n) is 21.5. The van der Waals surface area contributed by atoms with E-state index < -0.39 is 17.6 Å². The van der Waals surface area contributed by atoms with Gasteiger partial charge in [-0.3, -0.25) is 29.6 Å². The van der Waals surface area contributed by atoms with Crippen LogP contribution in [-0.4, -0.2) is 56.7 Å². The lowest BCUT2D eigenvalue weighted by molar-refractivity contribution is -0.136. The SMILES string of the molecule is O=C1CCC(N2Cc3nc(C4(O)CCN(Cc5cccc(Oc6ccccc6)c5)CC4)ccc3C2=O)C(=O)N1. The van der Waals surface area contributed by atoms with Gasteiger partial charge < -0.3 is 14.7 Å². The third kappa shape index (κ3) is 5.15. The summed E-state index contributed by atoms with van der Waals surface area (Å²) in [7, 11) is 0. The molecule has 3 aliphatic rings. The van der Waals surface area contributed by atoms with Crippen LogP contribution in [0.3, 0.4) is 0 Å². The van der Waals surface area contributed by atoms with Crippen molar-refractivity contribution in [1.82, 2.24) is 20.1 Å². The number of likely N-dealkylation sites (tertiary alicyclic amines) is 1. The molecule has 1 aromatic heterocycles. The molecule has 200 valence electrons. The number of carbonyl (C=O) groups excluding carboxylic acids is 3. The fraction of sp³-hybridized carbons (Fsp3) is 0.333. The summed E-state index contributed by atoms with van der Waals surface area (Å²) in [5.74, 6) is 0.550. The van der Waals surface area contributed by atoms with Gasteiger partial charge in [0.05, 0.1) is 23.5 Å². The normalized spacial score (nSPS) is 21.0. The van der Waals surface area contributed by atoms with Gasteiger partial charge >= 0.3 is 0 Å². The number of fused-ring (bicyclic) bond motifs is 1. The Bertz CT molecular complexity index is 1420. The second-order valence-electron chi connectivity index (χ2n) is 10.5. The van der Waals surface area contributed by atoms with E-state index in [1.165, 1.54) is 4.90 Å². The number of piperidine rings is 2. The molecule has 1 unspecified atom stereocenters. The number of aliphatic hydroxyl groups is 1. The maximum Gasteiger partial charge on any atom is 0.256 e. The molecule has 0 aliphatic carbocycles. The van der Waals surface area contributed by atoms with E-state index in [9.17, 15) is 19.5 Å². The molecule has 39 heavy (non-hydrogen) atoms. The standard InChI is InChI=1S/C30H30N4O5/c35-27-12-10-25(28(36)32-27)34-19-24-23(29(34)37)9-11-26(31-24)30(38)13-15-33(16-14-30)18-20-5-4-8-22(17-20)39-21-6-2-1-3-7-21/h1-9,11,17,25,38H,10,12-16,18-19H2,(H,32,35,36). The highest BCUT2D eigenvalue weighted by molar-refractivity contribution is 6.05. The number of para-hydroxylation sites is 1. The lowest BCUT2D eigenvalue weighted by Gasteiger charge is -2.38. The smallest absolute Gasteiger partial charge is 0.256 e. The van der Waals surface area contributed by atoms with Crippen molar-refractivity contribution in [2.75, 3.05) is 13.1 Å². The monoisotopic (exact) mass is 526 g/mol. The van der Waals surface area contributed by atoms with Gasteiger partial charge in [0.15, 0.2) is 0 Å². The van der Waals surface area contributed by atoms with Crippen molar-refractivity contribution in [2.45, 2.75) is 50.4 Å². The summed E-state index contributed by atoms with van der Waals surface area (Å²) in [4.78, 5) is 45.3. The number of nitrogens with zero attached hydrogens (tertiary/aromatic N) is 3. The molecule has 1 atom stereocenters. The maximum absolute atomic E-state index is 13.0. The second kappa shape index (κ2) is 10.2. The predicted octanol–water partition coefficient (Wildman–Crippen LogP) is 3.12. The van der Waals surface area contributed by atoms with Gasteiger partial charge in [0.2, 0.25) is 11.8 Å². The summed E-state index contributed by atoms with van der Waals surface area (Å²) >= 11 is 0. The summed E-state index contributed by atoms with van der Waals surface area (Å²) in [5.41, 5.74) is 1.61. The summed E-state index contributed by atoms with van der Waals surface area (Å²) in [6, 6.07) is 20.5. The van der Waals surface area contributed by atoms with Crippen molar-refractivity contribution in [3.63, 3.8) is 0 Å². The van der Waals surface area contributed by atoms with Crippen LogP contribution < -0.4 is 10.1 Å². The van der Waals surface area contributed by atoms with Crippen LogP contribution in [0.1, 0.15) is 53.0 Å². The Morgan fingerprint density at radius 3 is 2.51 bits per heavy atom. The summed E-state index contributed by atoms with van der Waals surface area (Å²) in [6.45, 7) is 2.33. The van der Waals surface area contributed by atoms with Gasteiger partial charge in [0.1, 0.15) is 23.1 Å². The topological polar surface area (TPSA) is 112 Å². The highest BCUT2D eigenvalue weighted by Crippen LogP contribution is 2.35. The molecule has 9 nitrogen and oxygen atoms in total. The Hall–Kier alpha value is -4.08. The van der Waals surface area contributed by atoms with Crippen molar-refractivity contribution in [3.05, 3.63) is 89.2 Å². The van der Waals surface area contributed by atoms with E-state index >= 15 is 0 Å². The first-order valence-electron chi connectivity index (χ1n) is 13.3. The van der Waals surface area contributed by atoms with Crippen LogP contribution in [0.25, 0.3) is 0 Å². The van der Waals surface area contributed by atoms with Gasteiger partial charge in [-0.05, 0) is 61.2 Å². The quantitative estimate of drug-likeness (QED) is 0.475. The molecule has 2 aromatic carbocycles. The molecule has 3 amide bonds. The Labute approximate surface area is 226 Å². The number of aromatic nitrogens is 1. The van der Waals surface area contributed by atoms with E-state index in [0.717, 1.165) is 23.6 Å². The molecule has 3 aliphatic heterocycles. The minimum absolute atomic E-state index is 0.192. The van der Waals surface area contributed by atoms with Gasteiger partial charge in [-0.2, -0.15) is 0 Å². The van der Waals surface area contributed by atoms with Crippen LogP contribution in [0.5, 0.6) is 11.5 Å². The number of carbonyl (C=O) groups is 3. The molecule has 0 radical (unpaired) electrons. The number of pyridine rings is 1. The van der Waals surface area contributed by atoms with Crippen LogP contribution in [0.15, 0.2) is 66.7 Å². The molecular weight excluding hydrogens is 496 g/mol. The highest BCUT2D eigenvalue weighted by atomic mass is 16.5. The lowest BCUT2D eigenvalue weighted by Crippen LogP contribution is -2.52. The van der Waals surface area contributed by atoms with E-state index in [4.69, 9.17) is 9.72 Å². The minimum atomic E-state index is -1.09. The summed E-state index contributed by atoms with van der Waals surface area (Å²) in [5, 5.41) is 13.8. The maximum atomic E-state index is 13.0. The number of hydrogen-bond acceptors (Lipinski definition) is 7. The fourth-order valence-corrected chi connectivity index (χ4v) is 5.62. The zero-order chi connectivity index (χ0) is 27.0. The van der Waals surface area contributed by atoms with Gasteiger partial charge in [-0.1, -0.05) is 30.3 Å². The van der Waals surface area contributed by atoms with Gasteiger partial charge in [-0.25, -0.2) is 0 Å². The average molecular weight is 527 g/mol. The molecule has 9 heteroatoms. The molecule has 4 heterocycles. The van der Waals surface area contributed by atoms with Gasteiger partial charge in [0, 0.05) is 26.1 Å². The Morgan fingerprint density at radius 1 is 0.974 bits per heavy atom. The van der Waals surface area contributed by atoms with Gasteiger partial charge in [-0.15, -0.1) is 0 Å². The molecule has 0 spiro atoms. The predicted molar refractivity (Wildman–Crippen MR) is 142 cm³/mol. The number of amides is 3. The van der Waals surface area contributed by atoms with Crippen molar-refractivity contribution in [2.24, 2.45) is 0 Å². The molecule has 6 rings (SSSR count). The average Bonchev–Trinajstić information content (AvgIpc) is 3.26. The van der Waals surface area contributed by atoms with E-state index in [0.29, 0.717) is 49.3 Å². The van der Waals surface area contributed by atoms with Crippen molar-refractivity contribution >= 4 is 17.7 Å². The van der Waals surface area contributed by atoms with Crippen LogP contribution >= 0.6 is 0 Å². The summed E-state index contributed by atoms with van der Waals surface area (Å²) in [6.07, 6.45) is 1.54. The van der Waals surface area contributed by atoms with Crippen LogP contribution in [0, 0.1) is 0 Å². The Balaban J connectivity index is 1.09. The third-order valence-electron chi connectivity index (χ3n) is 7.82. The first kappa shape index (κ1) is 25.2. The van der Waals surface area contributed by atoms with Crippen LogP contribution in [-0.2, 0) is 28.3 Å². The van der Waals surface area contributed by atoms with Crippen molar-refractivity contribution < 1.29 is 24.2 Å². The molecule has 0 saturated carbocycles. The largest absolute Gasteiger partial charge is 0.457 e. The van der Waals surface area contributed by atoms with Crippen LogP contribution in [0.4, 0.5) is 0 Å². The second-order valence-corrected chi connectivity index (χ2v) is 10.5. The molecule has 2 saturated heterocycles. The van der Waals surface area contributed by atoms with E-state index in [-0.39, 0.29) is 24.8 Å². The Morgan fingerprint density at radius 2 is 1.74 bits per heavy atom.